The van der Waals surface area contributed by atoms with Crippen molar-refractivity contribution in [1.82, 2.24) is 9.29 Å². The number of benzene rings is 2. The van der Waals surface area contributed by atoms with Crippen molar-refractivity contribution in [3.05, 3.63) is 47.3 Å². The van der Waals surface area contributed by atoms with E-state index in [4.69, 9.17) is 9.47 Å². The zero-order valence-electron chi connectivity index (χ0n) is 21.4. The second-order valence-corrected chi connectivity index (χ2v) is 11.6. The minimum absolute atomic E-state index is 0.111. The van der Waals surface area contributed by atoms with Crippen LogP contribution in [0.4, 0.5) is 10.8 Å². The molecule has 0 saturated carbocycles. The lowest BCUT2D eigenvalue weighted by Crippen LogP contribution is -2.43. The van der Waals surface area contributed by atoms with Gasteiger partial charge in [0.2, 0.25) is 15.9 Å². The molecular formula is C26H32N4O5S2. The predicted molar refractivity (Wildman–Crippen MR) is 146 cm³/mol. The maximum Gasteiger partial charge on any atom is 0.243 e. The van der Waals surface area contributed by atoms with Crippen LogP contribution in [0.5, 0.6) is 11.5 Å². The molecule has 2 aromatic carbocycles. The van der Waals surface area contributed by atoms with Gasteiger partial charge in [0.1, 0.15) is 11.5 Å². The van der Waals surface area contributed by atoms with Crippen LogP contribution >= 0.6 is 11.3 Å². The molecule has 1 fully saturated rings. The van der Waals surface area contributed by atoms with Crippen LogP contribution in [0.25, 0.3) is 11.3 Å². The Bertz CT molecular complexity index is 1370. The van der Waals surface area contributed by atoms with E-state index in [-0.39, 0.29) is 17.3 Å². The summed E-state index contributed by atoms with van der Waals surface area (Å²) in [5.74, 6) is 0.447. The molecule has 2 N–H and O–H groups in total. The third kappa shape index (κ3) is 5.89. The highest BCUT2D eigenvalue weighted by atomic mass is 32.2. The van der Waals surface area contributed by atoms with Crippen molar-refractivity contribution >= 4 is 38.1 Å². The summed E-state index contributed by atoms with van der Waals surface area (Å²) in [6, 6.07) is 10.4. The molecule has 0 aliphatic carbocycles. The Morgan fingerprint density at radius 1 is 1.22 bits per heavy atom. The number of ether oxygens (including phenoxy) is 2. The summed E-state index contributed by atoms with van der Waals surface area (Å²) in [6.45, 7) is 4.69. The lowest BCUT2D eigenvalue weighted by Gasteiger charge is -2.31. The van der Waals surface area contributed by atoms with Crippen LogP contribution in [0.15, 0.2) is 46.7 Å². The number of sulfonamides is 1. The molecule has 0 bridgehead atoms. The molecule has 4 rings (SSSR count). The quantitative estimate of drug-likeness (QED) is 0.405. The van der Waals surface area contributed by atoms with Crippen LogP contribution in [0.2, 0.25) is 0 Å². The van der Waals surface area contributed by atoms with Crippen LogP contribution in [0.3, 0.4) is 0 Å². The van der Waals surface area contributed by atoms with E-state index >= 15 is 0 Å². The average Bonchev–Trinajstić information content (AvgIpc) is 3.39. The van der Waals surface area contributed by atoms with Crippen LogP contribution in [-0.2, 0) is 14.8 Å². The van der Waals surface area contributed by atoms with E-state index in [1.165, 1.54) is 15.6 Å². The summed E-state index contributed by atoms with van der Waals surface area (Å²) < 4.78 is 39.2. The van der Waals surface area contributed by atoms with E-state index in [1.807, 2.05) is 38.4 Å². The standard InChI is InChI=1S/C26H32N4O5S2/c1-5-35-23-11-9-20(13-17(23)2)37(32,33)30-12-6-7-19(15-30)25(31)28-21-14-18(8-10-24(21)34-4)22-16-36-26(27-3)29-22/h8-11,13-14,16,19H,5-7,12,15H2,1-4H3,(H,27,29)(H,28,31)/t19-/m0/s1. The highest BCUT2D eigenvalue weighted by molar-refractivity contribution is 7.89. The zero-order chi connectivity index (χ0) is 26.6. The number of rotatable bonds is 9. The second kappa shape index (κ2) is 11.5. The molecule has 9 nitrogen and oxygen atoms in total. The van der Waals surface area contributed by atoms with Crippen molar-refractivity contribution in [2.24, 2.45) is 5.92 Å². The molecule has 1 amide bonds. The molecule has 0 spiro atoms. The highest BCUT2D eigenvalue weighted by Gasteiger charge is 2.34. The number of methoxy groups -OCH3 is 1. The molecular weight excluding hydrogens is 512 g/mol. The monoisotopic (exact) mass is 544 g/mol. The van der Waals surface area contributed by atoms with Crippen LogP contribution in [0, 0.1) is 12.8 Å². The fourth-order valence-electron chi connectivity index (χ4n) is 4.34. The van der Waals surface area contributed by atoms with Gasteiger partial charge in [-0.1, -0.05) is 0 Å². The molecule has 1 atom stereocenters. The summed E-state index contributed by atoms with van der Waals surface area (Å²) in [7, 11) is -0.397. The van der Waals surface area contributed by atoms with Crippen molar-refractivity contribution in [1.29, 1.82) is 0 Å². The van der Waals surface area contributed by atoms with Crippen LogP contribution in [0.1, 0.15) is 25.3 Å². The lowest BCUT2D eigenvalue weighted by molar-refractivity contribution is -0.120. The molecule has 11 heteroatoms. The maximum absolute atomic E-state index is 13.4. The van der Waals surface area contributed by atoms with Gasteiger partial charge in [-0.25, -0.2) is 13.4 Å². The van der Waals surface area contributed by atoms with E-state index in [0.29, 0.717) is 43.2 Å². The van der Waals surface area contributed by atoms with Crippen molar-refractivity contribution in [2.45, 2.75) is 31.6 Å². The summed E-state index contributed by atoms with van der Waals surface area (Å²) in [5, 5.41) is 8.71. The van der Waals surface area contributed by atoms with Crippen molar-refractivity contribution < 1.29 is 22.7 Å². The van der Waals surface area contributed by atoms with Crippen LogP contribution in [-0.4, -0.2) is 57.5 Å². The van der Waals surface area contributed by atoms with E-state index in [0.717, 1.165) is 22.0 Å². The van der Waals surface area contributed by atoms with Crippen molar-refractivity contribution in [3.8, 4) is 22.8 Å². The van der Waals surface area contributed by atoms with Gasteiger partial charge in [0, 0.05) is 31.1 Å². The van der Waals surface area contributed by atoms with Crippen LogP contribution < -0.4 is 20.1 Å². The van der Waals surface area contributed by atoms with Crippen molar-refractivity contribution in [3.63, 3.8) is 0 Å². The Kier molecular flexibility index (Phi) is 8.35. The molecule has 1 aliphatic heterocycles. The number of hydrogen-bond donors (Lipinski definition) is 2. The van der Waals surface area contributed by atoms with Gasteiger partial charge in [-0.15, -0.1) is 11.3 Å². The van der Waals surface area contributed by atoms with Gasteiger partial charge < -0.3 is 20.1 Å². The number of amides is 1. The minimum atomic E-state index is -3.75. The number of nitrogens with one attached hydrogen (secondary N) is 2. The summed E-state index contributed by atoms with van der Waals surface area (Å²) in [5.41, 5.74) is 2.90. The largest absolute Gasteiger partial charge is 0.495 e. The molecule has 2 heterocycles. The van der Waals surface area contributed by atoms with Gasteiger partial charge >= 0.3 is 0 Å². The van der Waals surface area contributed by atoms with Gasteiger partial charge in [-0.05, 0) is 68.7 Å². The number of hydrogen-bond acceptors (Lipinski definition) is 8. The fourth-order valence-corrected chi connectivity index (χ4v) is 6.64. The van der Waals surface area contributed by atoms with E-state index in [9.17, 15) is 13.2 Å². The summed E-state index contributed by atoms with van der Waals surface area (Å²) >= 11 is 1.49. The maximum atomic E-state index is 13.4. The zero-order valence-corrected chi connectivity index (χ0v) is 23.0. The van der Waals surface area contributed by atoms with Crippen molar-refractivity contribution in [2.75, 3.05) is 44.5 Å². The number of thiazole rings is 1. The topological polar surface area (TPSA) is 110 Å². The first-order valence-electron chi connectivity index (χ1n) is 12.1. The number of nitrogens with zero attached hydrogens (tertiary/aromatic N) is 2. The van der Waals surface area contributed by atoms with E-state index < -0.39 is 15.9 Å². The molecule has 1 saturated heterocycles. The molecule has 1 aromatic heterocycles. The first-order chi connectivity index (χ1) is 17.8. The molecule has 198 valence electrons. The van der Waals surface area contributed by atoms with Gasteiger partial charge in [0.05, 0.1) is 35.9 Å². The lowest BCUT2D eigenvalue weighted by atomic mass is 9.98. The number of anilines is 2. The summed E-state index contributed by atoms with van der Waals surface area (Å²) in [4.78, 5) is 18.0. The van der Waals surface area contributed by atoms with Gasteiger partial charge in [0.25, 0.3) is 0 Å². The second-order valence-electron chi connectivity index (χ2n) is 8.75. The third-order valence-electron chi connectivity index (χ3n) is 6.31. The first kappa shape index (κ1) is 26.9. The molecule has 1 aliphatic rings. The Balaban J connectivity index is 1.51. The SMILES string of the molecule is CCOc1ccc(S(=O)(=O)N2CCC[C@H](C(=O)Nc3cc(-c4csc(NC)n4)ccc3OC)C2)cc1C. The average molecular weight is 545 g/mol. The smallest absolute Gasteiger partial charge is 0.243 e. The van der Waals surface area contributed by atoms with Gasteiger partial charge in [-0.3, -0.25) is 4.79 Å². The predicted octanol–water partition coefficient (Wildman–Crippen LogP) is 4.61. The highest BCUT2D eigenvalue weighted by Crippen LogP contribution is 2.33. The fraction of sp³-hybridized carbons (Fsp3) is 0.385. The third-order valence-corrected chi connectivity index (χ3v) is 9.03. The molecule has 37 heavy (non-hydrogen) atoms. The van der Waals surface area contributed by atoms with E-state index in [2.05, 4.69) is 15.6 Å². The Morgan fingerprint density at radius 3 is 2.68 bits per heavy atom. The van der Waals surface area contributed by atoms with Gasteiger partial charge in [0.15, 0.2) is 5.13 Å². The van der Waals surface area contributed by atoms with Gasteiger partial charge in [-0.2, -0.15) is 4.31 Å². The molecule has 0 radical (unpaired) electrons. The number of aromatic nitrogens is 1. The Hall–Kier alpha value is -3.15. The summed E-state index contributed by atoms with van der Waals surface area (Å²) in [6.07, 6.45) is 1.19. The first-order valence-corrected chi connectivity index (χ1v) is 14.4. The number of aryl methyl sites for hydroxylation is 1. The Morgan fingerprint density at radius 2 is 2.00 bits per heavy atom. The normalized spacial score (nSPS) is 16.3. The number of carbonyl (C=O) groups excluding carboxylic acids is 1. The number of piperidine rings is 1. The molecule has 3 aromatic rings. The van der Waals surface area contributed by atoms with E-state index in [1.54, 1.807) is 31.4 Å². The minimum Gasteiger partial charge on any atom is -0.495 e. The Labute approximate surface area is 221 Å². The molecule has 0 unspecified atom stereocenters. The number of carbonyl (C=O) groups is 1.